The number of nitrogens with zero attached hydrogens (tertiary/aromatic N) is 1. The van der Waals surface area contributed by atoms with Gasteiger partial charge in [0.2, 0.25) is 5.91 Å². The van der Waals surface area contributed by atoms with E-state index in [0.29, 0.717) is 25.1 Å². The molecule has 1 aliphatic rings. The van der Waals surface area contributed by atoms with Crippen LogP contribution in [-0.2, 0) is 14.4 Å². The number of rotatable bonds is 5. The zero-order chi connectivity index (χ0) is 16.1. The number of carbonyl (C=O) groups excluding carboxylic acids is 2. The molecule has 0 radical (unpaired) electrons. The van der Waals surface area contributed by atoms with Crippen LogP contribution in [-0.4, -0.2) is 45.3 Å². The number of likely N-dealkylation sites (tertiary alicyclic amines) is 1. The van der Waals surface area contributed by atoms with Crippen LogP contribution in [0.1, 0.15) is 31.2 Å². The van der Waals surface area contributed by atoms with Gasteiger partial charge in [0.05, 0.1) is 5.92 Å². The number of carboxylic acids is 1. The Bertz CT molecular complexity index is 561. The third-order valence-electron chi connectivity index (χ3n) is 3.77. The predicted octanol–water partition coefficient (Wildman–Crippen LogP) is 2.13. The van der Waals surface area contributed by atoms with Crippen molar-refractivity contribution in [1.29, 1.82) is 0 Å². The molecule has 6 heteroatoms. The highest BCUT2D eigenvalue weighted by Gasteiger charge is 2.37. The molecule has 1 aromatic carbocycles. The highest BCUT2D eigenvalue weighted by molar-refractivity contribution is 8.13. The molecule has 1 N–H and O–H groups in total. The average Bonchev–Trinajstić information content (AvgIpc) is 2.97. The average molecular weight is 321 g/mol. The molecule has 1 aromatic rings. The summed E-state index contributed by atoms with van der Waals surface area (Å²) in [6, 6.07) is 8.48. The van der Waals surface area contributed by atoms with Crippen molar-refractivity contribution in [2.24, 2.45) is 0 Å². The predicted molar refractivity (Wildman–Crippen MR) is 84.7 cm³/mol. The lowest BCUT2D eigenvalue weighted by atomic mass is 9.99. The molecule has 2 rings (SSSR count). The fraction of sp³-hybridized carbons (Fsp3) is 0.438. The molecule has 1 unspecified atom stereocenters. The fourth-order valence-corrected chi connectivity index (χ4v) is 3.42. The van der Waals surface area contributed by atoms with Gasteiger partial charge in [0.1, 0.15) is 6.04 Å². The van der Waals surface area contributed by atoms with Crippen LogP contribution in [0, 0.1) is 0 Å². The zero-order valence-corrected chi connectivity index (χ0v) is 13.2. The van der Waals surface area contributed by atoms with Gasteiger partial charge in [-0.2, -0.15) is 0 Å². The minimum absolute atomic E-state index is 0.0510. The first-order chi connectivity index (χ1) is 10.5. The van der Waals surface area contributed by atoms with Gasteiger partial charge in [-0.1, -0.05) is 42.1 Å². The number of carboxylic acid groups (broad SMARTS) is 1. The molecule has 0 aromatic heterocycles. The number of thioether (sulfide) groups is 1. The molecule has 0 aliphatic carbocycles. The summed E-state index contributed by atoms with van der Waals surface area (Å²) in [7, 11) is 0. The number of amides is 1. The maximum absolute atomic E-state index is 12.8. The van der Waals surface area contributed by atoms with E-state index in [0.717, 1.165) is 17.3 Å². The molecule has 0 spiro atoms. The minimum atomic E-state index is -0.961. The summed E-state index contributed by atoms with van der Waals surface area (Å²) in [6.45, 7) is 1.93. The third kappa shape index (κ3) is 3.88. The number of aliphatic carboxylic acids is 1. The Balaban J connectivity index is 2.22. The first kappa shape index (κ1) is 16.5. The van der Waals surface area contributed by atoms with Crippen molar-refractivity contribution >= 4 is 28.8 Å². The summed E-state index contributed by atoms with van der Waals surface area (Å²) in [4.78, 5) is 36.8. The maximum Gasteiger partial charge on any atom is 0.326 e. The van der Waals surface area contributed by atoms with Crippen LogP contribution in [0.2, 0.25) is 0 Å². The largest absolute Gasteiger partial charge is 0.480 e. The number of benzene rings is 1. The van der Waals surface area contributed by atoms with E-state index in [9.17, 15) is 19.5 Å². The number of carbonyl (C=O) groups is 3. The molecule has 0 bridgehead atoms. The monoisotopic (exact) mass is 321 g/mol. The van der Waals surface area contributed by atoms with Gasteiger partial charge in [0, 0.05) is 19.2 Å². The first-order valence-corrected chi connectivity index (χ1v) is 8.21. The molecule has 22 heavy (non-hydrogen) atoms. The Morgan fingerprint density at radius 3 is 2.59 bits per heavy atom. The summed E-state index contributed by atoms with van der Waals surface area (Å²) in [6.07, 6.45) is 1.19. The van der Waals surface area contributed by atoms with Crippen molar-refractivity contribution in [3.05, 3.63) is 35.9 Å². The Kier molecular flexibility index (Phi) is 5.60. The van der Waals surface area contributed by atoms with Gasteiger partial charge < -0.3 is 10.0 Å². The van der Waals surface area contributed by atoms with E-state index < -0.39 is 17.9 Å². The molecule has 5 nitrogen and oxygen atoms in total. The van der Waals surface area contributed by atoms with Crippen molar-refractivity contribution < 1.29 is 19.5 Å². The first-order valence-electron chi connectivity index (χ1n) is 7.22. The lowest BCUT2D eigenvalue weighted by Crippen LogP contribution is -2.43. The lowest BCUT2D eigenvalue weighted by molar-refractivity contribution is -0.148. The van der Waals surface area contributed by atoms with E-state index in [4.69, 9.17) is 0 Å². The van der Waals surface area contributed by atoms with Crippen LogP contribution in [0.3, 0.4) is 0 Å². The SMILES string of the molecule is CC(=O)SCC(C(=O)N1CCC[C@H]1C(=O)O)c1ccccc1. The maximum atomic E-state index is 12.8. The standard InChI is InChI=1S/C16H19NO4S/c1-11(18)22-10-13(12-6-3-2-4-7-12)15(19)17-9-5-8-14(17)16(20)21/h2-4,6-7,13-14H,5,8-10H2,1H3,(H,20,21)/t13?,14-/m0/s1. The summed E-state index contributed by atoms with van der Waals surface area (Å²) in [5.74, 6) is -1.32. The van der Waals surface area contributed by atoms with E-state index in [-0.39, 0.29) is 11.0 Å². The number of hydrogen-bond acceptors (Lipinski definition) is 4. The molecule has 2 atom stereocenters. The van der Waals surface area contributed by atoms with Crippen molar-refractivity contribution in [3.63, 3.8) is 0 Å². The topological polar surface area (TPSA) is 74.7 Å². The van der Waals surface area contributed by atoms with E-state index in [1.807, 2.05) is 30.3 Å². The van der Waals surface area contributed by atoms with Crippen molar-refractivity contribution in [1.82, 2.24) is 4.90 Å². The van der Waals surface area contributed by atoms with E-state index >= 15 is 0 Å². The van der Waals surface area contributed by atoms with Crippen LogP contribution >= 0.6 is 11.8 Å². The molecule has 1 amide bonds. The summed E-state index contributed by atoms with van der Waals surface area (Å²) in [5, 5.41) is 9.20. The molecule has 0 saturated carbocycles. The third-order valence-corrected chi connectivity index (χ3v) is 4.68. The van der Waals surface area contributed by atoms with Crippen molar-refractivity contribution in [3.8, 4) is 0 Å². The highest BCUT2D eigenvalue weighted by atomic mass is 32.2. The highest BCUT2D eigenvalue weighted by Crippen LogP contribution is 2.28. The van der Waals surface area contributed by atoms with Crippen LogP contribution in [0.25, 0.3) is 0 Å². The smallest absolute Gasteiger partial charge is 0.326 e. The fourth-order valence-electron chi connectivity index (χ4n) is 2.68. The second-order valence-corrected chi connectivity index (χ2v) is 6.49. The summed E-state index contributed by atoms with van der Waals surface area (Å²) < 4.78 is 0. The van der Waals surface area contributed by atoms with E-state index in [1.54, 1.807) is 0 Å². The molecular formula is C16H19NO4S. The van der Waals surface area contributed by atoms with E-state index in [2.05, 4.69) is 0 Å². The normalized spacial score (nSPS) is 19.0. The molecule has 118 valence electrons. The second-order valence-electron chi connectivity index (χ2n) is 5.29. The van der Waals surface area contributed by atoms with Crippen molar-refractivity contribution in [2.45, 2.75) is 31.7 Å². The molecular weight excluding hydrogens is 302 g/mol. The van der Waals surface area contributed by atoms with Gasteiger partial charge in [-0.25, -0.2) is 4.79 Å². The van der Waals surface area contributed by atoms with Crippen LogP contribution in [0.15, 0.2) is 30.3 Å². The van der Waals surface area contributed by atoms with Crippen LogP contribution in [0.5, 0.6) is 0 Å². The minimum Gasteiger partial charge on any atom is -0.480 e. The van der Waals surface area contributed by atoms with E-state index in [1.165, 1.54) is 11.8 Å². The van der Waals surface area contributed by atoms with Gasteiger partial charge in [-0.3, -0.25) is 9.59 Å². The van der Waals surface area contributed by atoms with Gasteiger partial charge >= 0.3 is 5.97 Å². The second kappa shape index (κ2) is 7.45. The lowest BCUT2D eigenvalue weighted by Gasteiger charge is -2.26. The molecule has 1 fully saturated rings. The Hall–Kier alpha value is -1.82. The van der Waals surface area contributed by atoms with Gasteiger partial charge in [0.15, 0.2) is 5.12 Å². The Morgan fingerprint density at radius 2 is 2.00 bits per heavy atom. The molecule has 1 aliphatic heterocycles. The zero-order valence-electron chi connectivity index (χ0n) is 12.4. The molecule has 1 heterocycles. The van der Waals surface area contributed by atoms with Crippen molar-refractivity contribution in [2.75, 3.05) is 12.3 Å². The van der Waals surface area contributed by atoms with Crippen LogP contribution < -0.4 is 0 Å². The van der Waals surface area contributed by atoms with Gasteiger partial charge in [-0.05, 0) is 18.4 Å². The Labute approximate surface area is 133 Å². The summed E-state index contributed by atoms with van der Waals surface area (Å²) >= 11 is 1.10. The van der Waals surface area contributed by atoms with Crippen LogP contribution in [0.4, 0.5) is 0 Å². The number of hydrogen-bond donors (Lipinski definition) is 1. The van der Waals surface area contributed by atoms with Gasteiger partial charge in [0.25, 0.3) is 0 Å². The Morgan fingerprint density at radius 1 is 1.32 bits per heavy atom. The van der Waals surface area contributed by atoms with Gasteiger partial charge in [-0.15, -0.1) is 0 Å². The quantitative estimate of drug-likeness (QED) is 0.899. The molecule has 1 saturated heterocycles. The summed E-state index contributed by atoms with van der Waals surface area (Å²) in [5.41, 5.74) is 0.817.